The first-order valence-corrected chi connectivity index (χ1v) is 7.89. The van der Waals surface area contributed by atoms with Gasteiger partial charge in [0.25, 0.3) is 0 Å². The highest BCUT2D eigenvalue weighted by molar-refractivity contribution is 5.88. The minimum absolute atomic E-state index is 0.232. The van der Waals surface area contributed by atoms with E-state index in [0.29, 0.717) is 6.42 Å². The fourth-order valence-electron chi connectivity index (χ4n) is 2.38. The van der Waals surface area contributed by atoms with Crippen LogP contribution in [-0.4, -0.2) is 34.1 Å². The monoisotopic (exact) mass is 336 g/mol. The molecule has 0 radical (unpaired) electrons. The molecule has 0 heterocycles. The van der Waals surface area contributed by atoms with Crippen molar-refractivity contribution in [3.05, 3.63) is 35.9 Å². The molecule has 1 aromatic carbocycles. The van der Waals surface area contributed by atoms with Crippen LogP contribution in [0.1, 0.15) is 32.3 Å². The molecule has 132 valence electrons. The fourth-order valence-corrected chi connectivity index (χ4v) is 2.38. The molecule has 1 aromatic rings. The van der Waals surface area contributed by atoms with Crippen molar-refractivity contribution in [2.45, 2.75) is 39.2 Å². The molecule has 0 aliphatic heterocycles. The average molecular weight is 336 g/mol. The summed E-state index contributed by atoms with van der Waals surface area (Å²) in [6.45, 7) is 3.58. The standard InChI is InChI=1S/C17H24N2O5/c1-3-11(2)15(17(22)23)18-16(21)13(10-14(20)19-24)9-12-7-5-4-6-8-12/h4-8,11,13,15,24H,3,9-10H2,1-2H3,(H,18,21)(H,19,20)(H,22,23)/t11-,13-,15-/m0/s1. The van der Waals surface area contributed by atoms with E-state index in [1.54, 1.807) is 6.92 Å². The molecule has 0 aliphatic rings. The van der Waals surface area contributed by atoms with Crippen LogP contribution in [-0.2, 0) is 20.8 Å². The molecular weight excluding hydrogens is 312 g/mol. The number of carboxylic acid groups (broad SMARTS) is 1. The zero-order valence-corrected chi connectivity index (χ0v) is 13.9. The highest BCUT2D eigenvalue weighted by Gasteiger charge is 2.29. The molecule has 0 aliphatic carbocycles. The third-order valence-corrected chi connectivity index (χ3v) is 4.03. The Bertz CT molecular complexity index is 561. The van der Waals surface area contributed by atoms with E-state index in [4.69, 9.17) is 5.21 Å². The number of carbonyl (C=O) groups excluding carboxylic acids is 2. The molecule has 7 heteroatoms. The molecule has 24 heavy (non-hydrogen) atoms. The summed E-state index contributed by atoms with van der Waals surface area (Å²) < 4.78 is 0. The molecule has 0 saturated heterocycles. The maximum absolute atomic E-state index is 12.5. The topological polar surface area (TPSA) is 116 Å². The molecule has 0 bridgehead atoms. The summed E-state index contributed by atoms with van der Waals surface area (Å²) in [4.78, 5) is 35.3. The summed E-state index contributed by atoms with van der Waals surface area (Å²) in [5.74, 6) is -3.33. The highest BCUT2D eigenvalue weighted by atomic mass is 16.5. The molecule has 1 rings (SSSR count). The number of carbonyl (C=O) groups is 3. The van der Waals surface area contributed by atoms with Gasteiger partial charge in [0.2, 0.25) is 11.8 Å². The molecule has 0 unspecified atom stereocenters. The zero-order chi connectivity index (χ0) is 18.1. The van der Waals surface area contributed by atoms with Crippen LogP contribution in [0, 0.1) is 11.8 Å². The minimum atomic E-state index is -1.11. The Labute approximate surface area is 141 Å². The Balaban J connectivity index is 2.89. The normalized spacial score (nSPS) is 14.3. The molecule has 7 nitrogen and oxygen atoms in total. The second-order valence-electron chi connectivity index (χ2n) is 5.84. The molecule has 3 atom stereocenters. The molecule has 0 fully saturated rings. The number of nitrogens with one attached hydrogen (secondary N) is 2. The quantitative estimate of drug-likeness (QED) is 0.401. The summed E-state index contributed by atoms with van der Waals surface area (Å²) in [5, 5.41) is 20.5. The van der Waals surface area contributed by atoms with E-state index >= 15 is 0 Å². The molecule has 2 amide bonds. The van der Waals surface area contributed by atoms with E-state index in [0.717, 1.165) is 5.56 Å². The lowest BCUT2D eigenvalue weighted by molar-refractivity contribution is -0.144. The zero-order valence-electron chi connectivity index (χ0n) is 13.9. The molecular formula is C17H24N2O5. The number of hydrogen-bond donors (Lipinski definition) is 4. The number of amides is 2. The van der Waals surface area contributed by atoms with Gasteiger partial charge in [-0.15, -0.1) is 0 Å². The summed E-state index contributed by atoms with van der Waals surface area (Å²) in [6, 6.07) is 8.09. The van der Waals surface area contributed by atoms with Gasteiger partial charge in [0, 0.05) is 6.42 Å². The first kappa shape index (κ1) is 19.6. The van der Waals surface area contributed by atoms with Crippen molar-refractivity contribution in [3.8, 4) is 0 Å². The third kappa shape index (κ3) is 6.00. The van der Waals surface area contributed by atoms with Gasteiger partial charge in [0.05, 0.1) is 5.92 Å². The van der Waals surface area contributed by atoms with E-state index in [1.165, 1.54) is 5.48 Å². The predicted octanol–water partition coefficient (Wildman–Crippen LogP) is 1.36. The molecule has 0 spiro atoms. The average Bonchev–Trinajstić information content (AvgIpc) is 2.58. The smallest absolute Gasteiger partial charge is 0.326 e. The van der Waals surface area contributed by atoms with E-state index in [9.17, 15) is 19.5 Å². The van der Waals surface area contributed by atoms with Crippen LogP contribution in [0.4, 0.5) is 0 Å². The molecule has 0 saturated carbocycles. The number of rotatable bonds is 9. The number of carboxylic acids is 1. The van der Waals surface area contributed by atoms with Crippen molar-refractivity contribution >= 4 is 17.8 Å². The van der Waals surface area contributed by atoms with Gasteiger partial charge in [-0.1, -0.05) is 50.6 Å². The Hall–Kier alpha value is -2.41. The minimum Gasteiger partial charge on any atom is -0.480 e. The van der Waals surface area contributed by atoms with E-state index in [-0.39, 0.29) is 18.8 Å². The van der Waals surface area contributed by atoms with Crippen molar-refractivity contribution in [1.82, 2.24) is 10.8 Å². The van der Waals surface area contributed by atoms with Gasteiger partial charge in [-0.2, -0.15) is 0 Å². The van der Waals surface area contributed by atoms with Gasteiger partial charge in [-0.05, 0) is 17.9 Å². The largest absolute Gasteiger partial charge is 0.480 e. The van der Waals surface area contributed by atoms with Crippen LogP contribution in [0.25, 0.3) is 0 Å². The summed E-state index contributed by atoms with van der Waals surface area (Å²) in [5.41, 5.74) is 2.36. The lowest BCUT2D eigenvalue weighted by Gasteiger charge is -2.23. The van der Waals surface area contributed by atoms with Gasteiger partial charge in [0.1, 0.15) is 6.04 Å². The number of benzene rings is 1. The van der Waals surface area contributed by atoms with Crippen LogP contribution in [0.3, 0.4) is 0 Å². The van der Waals surface area contributed by atoms with Gasteiger partial charge in [-0.3, -0.25) is 14.8 Å². The summed E-state index contributed by atoms with van der Waals surface area (Å²) in [6.07, 6.45) is 0.634. The van der Waals surface area contributed by atoms with Gasteiger partial charge in [0.15, 0.2) is 0 Å². The van der Waals surface area contributed by atoms with Crippen molar-refractivity contribution in [1.29, 1.82) is 0 Å². The highest BCUT2D eigenvalue weighted by Crippen LogP contribution is 2.15. The summed E-state index contributed by atoms with van der Waals surface area (Å²) in [7, 11) is 0. The van der Waals surface area contributed by atoms with Crippen LogP contribution in [0.5, 0.6) is 0 Å². The summed E-state index contributed by atoms with van der Waals surface area (Å²) >= 11 is 0. The van der Waals surface area contributed by atoms with E-state index in [2.05, 4.69) is 5.32 Å². The lowest BCUT2D eigenvalue weighted by atomic mass is 9.93. The van der Waals surface area contributed by atoms with Crippen LogP contribution >= 0.6 is 0 Å². The number of hydrogen-bond acceptors (Lipinski definition) is 4. The van der Waals surface area contributed by atoms with Crippen LogP contribution in [0.15, 0.2) is 30.3 Å². The van der Waals surface area contributed by atoms with Crippen molar-refractivity contribution < 1.29 is 24.7 Å². The fraction of sp³-hybridized carbons (Fsp3) is 0.471. The predicted molar refractivity (Wildman–Crippen MR) is 87.2 cm³/mol. The van der Waals surface area contributed by atoms with Crippen LogP contribution < -0.4 is 10.8 Å². The van der Waals surface area contributed by atoms with Gasteiger partial charge >= 0.3 is 5.97 Å². The third-order valence-electron chi connectivity index (χ3n) is 4.03. The molecule has 0 aromatic heterocycles. The second-order valence-corrected chi connectivity index (χ2v) is 5.84. The Kier molecular flexibility index (Phi) is 7.91. The first-order valence-electron chi connectivity index (χ1n) is 7.89. The molecule has 4 N–H and O–H groups in total. The number of aliphatic carboxylic acids is 1. The van der Waals surface area contributed by atoms with E-state index < -0.39 is 29.7 Å². The van der Waals surface area contributed by atoms with Gasteiger partial charge < -0.3 is 10.4 Å². The Morgan fingerprint density at radius 2 is 1.79 bits per heavy atom. The Morgan fingerprint density at radius 3 is 2.29 bits per heavy atom. The SMILES string of the molecule is CC[C@H](C)[C@H](NC(=O)[C@H](CC(=O)NO)Cc1ccccc1)C(=O)O. The number of hydroxylamine groups is 1. The first-order chi connectivity index (χ1) is 11.4. The van der Waals surface area contributed by atoms with Gasteiger partial charge in [-0.25, -0.2) is 10.3 Å². The van der Waals surface area contributed by atoms with Crippen molar-refractivity contribution in [2.24, 2.45) is 11.8 Å². The lowest BCUT2D eigenvalue weighted by Crippen LogP contribution is -2.48. The van der Waals surface area contributed by atoms with Crippen molar-refractivity contribution in [3.63, 3.8) is 0 Å². The van der Waals surface area contributed by atoms with E-state index in [1.807, 2.05) is 37.3 Å². The Morgan fingerprint density at radius 1 is 1.17 bits per heavy atom. The van der Waals surface area contributed by atoms with Crippen molar-refractivity contribution in [2.75, 3.05) is 0 Å². The maximum atomic E-state index is 12.5. The second kappa shape index (κ2) is 9.67. The maximum Gasteiger partial charge on any atom is 0.326 e. The van der Waals surface area contributed by atoms with Crippen LogP contribution in [0.2, 0.25) is 0 Å².